The Morgan fingerprint density at radius 1 is 0.952 bits per heavy atom. The van der Waals surface area contributed by atoms with Gasteiger partial charge < -0.3 is 20.9 Å². The second kappa shape index (κ2) is 5.53. The predicted molar refractivity (Wildman–Crippen MR) is 80.3 cm³/mol. The van der Waals surface area contributed by atoms with Gasteiger partial charge in [0.15, 0.2) is 0 Å². The fourth-order valence-corrected chi connectivity index (χ4v) is 3.62. The quantitative estimate of drug-likeness (QED) is 0.833. The van der Waals surface area contributed by atoms with E-state index in [2.05, 4.69) is 0 Å². The number of rotatable bonds is 4. The van der Waals surface area contributed by atoms with Gasteiger partial charge in [-0.15, -0.1) is 0 Å². The Morgan fingerprint density at radius 3 is 2.10 bits per heavy atom. The molecule has 2 aromatic carbocycles. The van der Waals surface area contributed by atoms with Crippen molar-refractivity contribution in [2.24, 2.45) is 0 Å². The summed E-state index contributed by atoms with van der Waals surface area (Å²) in [6.07, 6.45) is 0. The van der Waals surface area contributed by atoms with Crippen LogP contribution in [0.2, 0.25) is 0 Å². The van der Waals surface area contributed by atoms with E-state index in [9.17, 15) is 8.42 Å². The third-order valence-corrected chi connectivity index (χ3v) is 4.93. The van der Waals surface area contributed by atoms with Crippen LogP contribution in [0.1, 0.15) is 0 Å². The number of hydrogen-bond acceptors (Lipinski definition) is 6. The van der Waals surface area contributed by atoms with Gasteiger partial charge in [0.1, 0.15) is 21.3 Å². The molecule has 0 bridgehead atoms. The van der Waals surface area contributed by atoms with E-state index in [-0.39, 0.29) is 26.9 Å². The zero-order valence-corrected chi connectivity index (χ0v) is 12.5. The SMILES string of the molecule is COc1ccc(S(=O)(=O)c2c(N)cccc2N)c(OC)c1. The van der Waals surface area contributed by atoms with Crippen LogP contribution >= 0.6 is 0 Å². The molecule has 2 rings (SSSR count). The summed E-state index contributed by atoms with van der Waals surface area (Å²) >= 11 is 0. The molecular formula is C14H16N2O4S. The summed E-state index contributed by atoms with van der Waals surface area (Å²) in [6, 6.07) is 8.99. The number of sulfone groups is 1. The predicted octanol–water partition coefficient (Wildman–Crippen LogP) is 1.70. The van der Waals surface area contributed by atoms with E-state index >= 15 is 0 Å². The highest BCUT2D eigenvalue weighted by Gasteiger charge is 2.27. The molecule has 0 atom stereocenters. The van der Waals surface area contributed by atoms with Crippen LogP contribution < -0.4 is 20.9 Å². The lowest BCUT2D eigenvalue weighted by Crippen LogP contribution is -2.10. The van der Waals surface area contributed by atoms with Crippen molar-refractivity contribution in [3.8, 4) is 11.5 Å². The minimum Gasteiger partial charge on any atom is -0.497 e. The number of nitrogens with two attached hydrogens (primary N) is 2. The molecule has 0 unspecified atom stereocenters. The maximum absolute atomic E-state index is 12.8. The van der Waals surface area contributed by atoms with Crippen molar-refractivity contribution in [3.05, 3.63) is 36.4 Å². The Labute approximate surface area is 123 Å². The van der Waals surface area contributed by atoms with Gasteiger partial charge in [0.05, 0.1) is 25.6 Å². The van der Waals surface area contributed by atoms with Crippen LogP contribution in [0.15, 0.2) is 46.2 Å². The topological polar surface area (TPSA) is 105 Å². The number of ether oxygens (including phenoxy) is 2. The Hall–Kier alpha value is -2.41. The highest BCUT2D eigenvalue weighted by Crippen LogP contribution is 2.36. The standard InChI is InChI=1S/C14H16N2O4S/c1-19-9-6-7-13(12(8-9)20-2)21(17,18)14-10(15)4-3-5-11(14)16/h3-8H,15-16H2,1-2H3. The minimum absolute atomic E-state index is 0.0181. The van der Waals surface area contributed by atoms with E-state index in [1.807, 2.05) is 0 Å². The molecule has 4 N–H and O–H groups in total. The monoisotopic (exact) mass is 308 g/mol. The first-order valence-corrected chi connectivity index (χ1v) is 7.51. The lowest BCUT2D eigenvalue weighted by atomic mass is 10.3. The molecule has 0 saturated heterocycles. The van der Waals surface area contributed by atoms with E-state index in [4.69, 9.17) is 20.9 Å². The van der Waals surface area contributed by atoms with Crippen LogP contribution in [-0.4, -0.2) is 22.6 Å². The summed E-state index contributed by atoms with van der Waals surface area (Å²) in [5.74, 6) is 0.650. The van der Waals surface area contributed by atoms with Crippen molar-refractivity contribution in [1.29, 1.82) is 0 Å². The molecule has 0 heterocycles. The first-order valence-electron chi connectivity index (χ1n) is 6.03. The minimum atomic E-state index is -3.90. The molecule has 7 heteroatoms. The van der Waals surface area contributed by atoms with Crippen LogP contribution in [0.4, 0.5) is 11.4 Å². The highest BCUT2D eigenvalue weighted by atomic mass is 32.2. The molecule has 112 valence electrons. The molecule has 2 aromatic rings. The smallest absolute Gasteiger partial charge is 0.214 e. The van der Waals surface area contributed by atoms with Gasteiger partial charge >= 0.3 is 0 Å². The van der Waals surface area contributed by atoms with E-state index in [1.165, 1.54) is 44.6 Å². The van der Waals surface area contributed by atoms with Crippen LogP contribution in [0.25, 0.3) is 0 Å². The second-order valence-corrected chi connectivity index (χ2v) is 6.14. The lowest BCUT2D eigenvalue weighted by Gasteiger charge is -2.14. The Morgan fingerprint density at radius 2 is 1.57 bits per heavy atom. The molecule has 6 nitrogen and oxygen atoms in total. The Bertz CT molecular complexity index is 752. The van der Waals surface area contributed by atoms with Crippen LogP contribution in [0.5, 0.6) is 11.5 Å². The zero-order chi connectivity index (χ0) is 15.6. The molecule has 0 saturated carbocycles. The van der Waals surface area contributed by atoms with E-state index in [0.29, 0.717) is 5.75 Å². The number of methoxy groups -OCH3 is 2. The molecule has 0 amide bonds. The zero-order valence-electron chi connectivity index (χ0n) is 11.7. The fourth-order valence-electron chi connectivity index (χ4n) is 1.99. The van der Waals surface area contributed by atoms with Gasteiger partial charge in [-0.3, -0.25) is 0 Å². The average molecular weight is 308 g/mol. The molecule has 0 aliphatic rings. The van der Waals surface area contributed by atoms with Gasteiger partial charge in [0.2, 0.25) is 9.84 Å². The van der Waals surface area contributed by atoms with Crippen molar-refractivity contribution in [1.82, 2.24) is 0 Å². The number of anilines is 2. The molecule has 21 heavy (non-hydrogen) atoms. The van der Waals surface area contributed by atoms with Crippen molar-refractivity contribution in [3.63, 3.8) is 0 Å². The highest BCUT2D eigenvalue weighted by molar-refractivity contribution is 7.92. The molecule has 0 aliphatic carbocycles. The maximum atomic E-state index is 12.8. The molecule has 0 aromatic heterocycles. The van der Waals surface area contributed by atoms with Crippen LogP contribution in [0, 0.1) is 0 Å². The lowest BCUT2D eigenvalue weighted by molar-refractivity contribution is 0.386. The van der Waals surface area contributed by atoms with Crippen molar-refractivity contribution < 1.29 is 17.9 Å². The van der Waals surface area contributed by atoms with Crippen molar-refractivity contribution in [2.45, 2.75) is 9.79 Å². The van der Waals surface area contributed by atoms with Gasteiger partial charge in [-0.25, -0.2) is 8.42 Å². The summed E-state index contributed by atoms with van der Waals surface area (Å²) in [5.41, 5.74) is 11.7. The second-order valence-electron chi connectivity index (χ2n) is 4.29. The fraction of sp³-hybridized carbons (Fsp3) is 0.143. The molecule has 0 aliphatic heterocycles. The van der Waals surface area contributed by atoms with Crippen LogP contribution in [-0.2, 0) is 9.84 Å². The number of benzene rings is 2. The third-order valence-electron chi connectivity index (χ3n) is 3.00. The Balaban J connectivity index is 2.70. The Kier molecular flexibility index (Phi) is 3.95. The first-order chi connectivity index (χ1) is 9.91. The van der Waals surface area contributed by atoms with Crippen molar-refractivity contribution >= 4 is 21.2 Å². The molecule has 0 spiro atoms. The van der Waals surface area contributed by atoms with Gasteiger partial charge in [0.25, 0.3) is 0 Å². The van der Waals surface area contributed by atoms with E-state index in [1.54, 1.807) is 6.07 Å². The summed E-state index contributed by atoms with van der Waals surface area (Å²) in [6.45, 7) is 0. The molecular weight excluding hydrogens is 292 g/mol. The summed E-state index contributed by atoms with van der Waals surface area (Å²) < 4.78 is 35.7. The summed E-state index contributed by atoms with van der Waals surface area (Å²) in [7, 11) is -1.04. The maximum Gasteiger partial charge on any atom is 0.214 e. The van der Waals surface area contributed by atoms with E-state index in [0.717, 1.165) is 0 Å². The van der Waals surface area contributed by atoms with Gasteiger partial charge in [-0.05, 0) is 24.3 Å². The van der Waals surface area contributed by atoms with Crippen molar-refractivity contribution in [2.75, 3.05) is 25.7 Å². The molecule has 0 fully saturated rings. The van der Waals surface area contributed by atoms with Gasteiger partial charge in [-0.1, -0.05) is 6.07 Å². The van der Waals surface area contributed by atoms with Crippen LogP contribution in [0.3, 0.4) is 0 Å². The van der Waals surface area contributed by atoms with Gasteiger partial charge in [0, 0.05) is 6.07 Å². The normalized spacial score (nSPS) is 11.1. The largest absolute Gasteiger partial charge is 0.497 e. The van der Waals surface area contributed by atoms with Gasteiger partial charge in [-0.2, -0.15) is 0 Å². The average Bonchev–Trinajstić information content (AvgIpc) is 2.46. The third kappa shape index (κ3) is 2.59. The first kappa shape index (κ1) is 15.0. The summed E-state index contributed by atoms with van der Waals surface area (Å²) in [5, 5.41) is 0. The number of hydrogen-bond donors (Lipinski definition) is 2. The number of nitrogen functional groups attached to an aromatic ring is 2. The molecule has 0 radical (unpaired) electrons. The summed E-state index contributed by atoms with van der Waals surface area (Å²) in [4.78, 5) is -0.135. The van der Waals surface area contributed by atoms with E-state index < -0.39 is 9.84 Å².